The highest BCUT2D eigenvalue weighted by Gasteiger charge is 2.27. The van der Waals surface area contributed by atoms with Crippen molar-refractivity contribution < 1.29 is 4.74 Å². The van der Waals surface area contributed by atoms with E-state index < -0.39 is 0 Å². The van der Waals surface area contributed by atoms with Crippen molar-refractivity contribution in [2.45, 2.75) is 0 Å². The van der Waals surface area contributed by atoms with E-state index in [1.165, 1.54) is 0 Å². The number of anilines is 3. The van der Waals surface area contributed by atoms with Crippen LogP contribution in [0.4, 0.5) is 17.1 Å². The molecular formula is C24H15N3O. The Kier molecular flexibility index (Phi) is 3.78. The molecule has 4 nitrogen and oxygen atoms in total. The predicted molar refractivity (Wildman–Crippen MR) is 109 cm³/mol. The Labute approximate surface area is 162 Å². The van der Waals surface area contributed by atoms with Crippen molar-refractivity contribution in [1.29, 1.82) is 5.26 Å². The predicted octanol–water partition coefficient (Wildman–Crippen LogP) is 6.20. The van der Waals surface area contributed by atoms with E-state index in [1.54, 1.807) is 12.3 Å². The van der Waals surface area contributed by atoms with E-state index >= 15 is 0 Å². The molecule has 28 heavy (non-hydrogen) atoms. The molecule has 0 radical (unpaired) electrons. The number of ether oxygens (including phenoxy) is 1. The molecule has 3 aromatic carbocycles. The van der Waals surface area contributed by atoms with E-state index in [2.05, 4.69) is 22.0 Å². The van der Waals surface area contributed by atoms with Gasteiger partial charge in [-0.1, -0.05) is 42.5 Å². The van der Waals surface area contributed by atoms with Gasteiger partial charge in [0.2, 0.25) is 0 Å². The molecule has 1 aliphatic rings. The Hall–Kier alpha value is -4.10. The molecule has 0 saturated carbocycles. The van der Waals surface area contributed by atoms with Crippen LogP contribution < -0.4 is 9.64 Å². The van der Waals surface area contributed by atoms with Crippen LogP contribution in [0.3, 0.4) is 0 Å². The summed E-state index contributed by atoms with van der Waals surface area (Å²) < 4.78 is 6.11. The molecule has 0 bridgehead atoms. The minimum atomic E-state index is 0.545. The molecule has 5 rings (SSSR count). The van der Waals surface area contributed by atoms with Gasteiger partial charge in [0.15, 0.2) is 11.5 Å². The van der Waals surface area contributed by atoms with Gasteiger partial charge in [-0.15, -0.1) is 0 Å². The molecule has 0 spiro atoms. The average Bonchev–Trinajstić information content (AvgIpc) is 2.77. The molecule has 4 aromatic rings. The second-order valence-electron chi connectivity index (χ2n) is 6.43. The van der Waals surface area contributed by atoms with Crippen molar-refractivity contribution in [1.82, 2.24) is 4.98 Å². The number of hydrogen-bond donors (Lipinski definition) is 0. The summed E-state index contributed by atoms with van der Waals surface area (Å²) in [6, 6.07) is 29.9. The molecule has 2 heterocycles. The van der Waals surface area contributed by atoms with Crippen LogP contribution >= 0.6 is 0 Å². The number of hydrogen-bond acceptors (Lipinski definition) is 4. The fraction of sp³-hybridized carbons (Fsp3) is 0. The van der Waals surface area contributed by atoms with Gasteiger partial charge in [0.1, 0.15) is 6.07 Å². The molecule has 4 heteroatoms. The lowest BCUT2D eigenvalue weighted by Crippen LogP contribution is -2.16. The first-order valence-corrected chi connectivity index (χ1v) is 8.97. The number of benzene rings is 3. The third-order valence-electron chi connectivity index (χ3n) is 4.75. The lowest BCUT2D eigenvalue weighted by molar-refractivity contribution is 0.477. The molecule has 0 N–H and O–H groups in total. The van der Waals surface area contributed by atoms with Crippen LogP contribution in [-0.4, -0.2) is 4.98 Å². The zero-order valence-corrected chi connectivity index (χ0v) is 14.9. The van der Waals surface area contributed by atoms with Crippen LogP contribution in [0.25, 0.3) is 11.3 Å². The third-order valence-corrected chi connectivity index (χ3v) is 4.75. The number of pyridine rings is 1. The van der Waals surface area contributed by atoms with Crippen LogP contribution in [-0.2, 0) is 0 Å². The maximum Gasteiger partial charge on any atom is 0.151 e. The van der Waals surface area contributed by atoms with Crippen LogP contribution in [0.15, 0.2) is 91.1 Å². The number of aromatic nitrogens is 1. The first-order chi connectivity index (χ1) is 13.8. The Morgan fingerprint density at radius 1 is 0.714 bits per heavy atom. The zero-order chi connectivity index (χ0) is 18.9. The molecule has 1 aliphatic heterocycles. The number of para-hydroxylation sites is 5. The Balaban J connectivity index is 1.74. The SMILES string of the molecule is N#Cc1ccc(-c2ccccc2N2c3ccccc3Oc3ccccc32)nc1. The first-order valence-electron chi connectivity index (χ1n) is 8.97. The molecule has 0 unspecified atom stereocenters. The van der Waals surface area contributed by atoms with Crippen LogP contribution in [0.5, 0.6) is 11.5 Å². The summed E-state index contributed by atoms with van der Waals surface area (Å²) in [4.78, 5) is 6.70. The molecule has 0 amide bonds. The van der Waals surface area contributed by atoms with Gasteiger partial charge in [0, 0.05) is 11.8 Å². The van der Waals surface area contributed by atoms with Crippen molar-refractivity contribution in [2.24, 2.45) is 0 Å². The van der Waals surface area contributed by atoms with Crippen LogP contribution in [0.2, 0.25) is 0 Å². The molecule has 0 aliphatic carbocycles. The highest BCUT2D eigenvalue weighted by Crippen LogP contribution is 2.51. The summed E-state index contributed by atoms with van der Waals surface area (Å²) in [6.07, 6.45) is 1.60. The highest BCUT2D eigenvalue weighted by molar-refractivity contribution is 5.92. The summed E-state index contributed by atoms with van der Waals surface area (Å²) in [7, 11) is 0. The van der Waals surface area contributed by atoms with Gasteiger partial charge >= 0.3 is 0 Å². The van der Waals surface area contributed by atoms with E-state index in [0.717, 1.165) is 39.8 Å². The number of rotatable bonds is 2. The molecule has 132 valence electrons. The lowest BCUT2D eigenvalue weighted by Gasteiger charge is -2.33. The summed E-state index contributed by atoms with van der Waals surface area (Å²) in [5, 5.41) is 9.06. The molecule has 1 aromatic heterocycles. The number of fused-ring (bicyclic) bond motifs is 2. The minimum Gasteiger partial charge on any atom is -0.453 e. The highest BCUT2D eigenvalue weighted by atomic mass is 16.5. The van der Waals surface area contributed by atoms with Crippen molar-refractivity contribution >= 4 is 17.1 Å². The fourth-order valence-electron chi connectivity index (χ4n) is 3.47. The van der Waals surface area contributed by atoms with E-state index in [1.807, 2.05) is 72.8 Å². The third kappa shape index (κ3) is 2.58. The standard InChI is InChI=1S/C24H15N3O/c25-15-17-13-14-19(26-16-17)18-7-1-2-8-20(18)27-21-9-3-5-11-23(21)28-24-12-6-4-10-22(24)27/h1-14,16H. The van der Waals surface area contributed by atoms with Gasteiger partial charge in [-0.3, -0.25) is 4.98 Å². The summed E-state index contributed by atoms with van der Waals surface area (Å²) in [5.74, 6) is 1.62. The topological polar surface area (TPSA) is 49.2 Å². The van der Waals surface area contributed by atoms with Gasteiger partial charge in [-0.25, -0.2) is 0 Å². The minimum absolute atomic E-state index is 0.545. The lowest BCUT2D eigenvalue weighted by atomic mass is 10.0. The van der Waals surface area contributed by atoms with Crippen molar-refractivity contribution in [3.63, 3.8) is 0 Å². The zero-order valence-electron chi connectivity index (χ0n) is 14.9. The quantitative estimate of drug-likeness (QED) is 0.376. The van der Waals surface area contributed by atoms with E-state index in [0.29, 0.717) is 5.56 Å². The maximum atomic E-state index is 9.06. The molecule has 0 atom stereocenters. The fourth-order valence-corrected chi connectivity index (χ4v) is 3.47. The van der Waals surface area contributed by atoms with Crippen molar-refractivity contribution in [3.05, 3.63) is 96.7 Å². The number of nitrogens with zero attached hydrogens (tertiary/aromatic N) is 3. The largest absolute Gasteiger partial charge is 0.453 e. The van der Waals surface area contributed by atoms with Crippen molar-refractivity contribution in [3.8, 4) is 28.8 Å². The Bertz CT molecular complexity index is 1160. The van der Waals surface area contributed by atoms with Crippen LogP contribution in [0.1, 0.15) is 5.56 Å². The Morgan fingerprint density at radius 3 is 1.93 bits per heavy atom. The maximum absolute atomic E-state index is 9.06. The smallest absolute Gasteiger partial charge is 0.151 e. The number of nitriles is 1. The van der Waals surface area contributed by atoms with Gasteiger partial charge in [0.25, 0.3) is 0 Å². The molecule has 0 saturated heterocycles. The van der Waals surface area contributed by atoms with E-state index in [9.17, 15) is 0 Å². The first kappa shape index (κ1) is 16.1. The summed E-state index contributed by atoms with van der Waals surface area (Å²) in [6.45, 7) is 0. The second-order valence-corrected chi connectivity index (χ2v) is 6.43. The molecule has 0 fully saturated rings. The average molecular weight is 361 g/mol. The normalized spacial score (nSPS) is 11.8. The van der Waals surface area contributed by atoms with Crippen molar-refractivity contribution in [2.75, 3.05) is 4.90 Å². The Morgan fingerprint density at radius 2 is 1.32 bits per heavy atom. The monoisotopic (exact) mass is 361 g/mol. The van der Waals surface area contributed by atoms with E-state index in [-0.39, 0.29) is 0 Å². The van der Waals surface area contributed by atoms with Crippen LogP contribution in [0, 0.1) is 11.3 Å². The van der Waals surface area contributed by atoms with Gasteiger partial charge in [-0.05, 0) is 42.5 Å². The van der Waals surface area contributed by atoms with Gasteiger partial charge < -0.3 is 9.64 Å². The summed E-state index contributed by atoms with van der Waals surface area (Å²) >= 11 is 0. The van der Waals surface area contributed by atoms with Gasteiger partial charge in [0.05, 0.1) is 28.3 Å². The second kappa shape index (κ2) is 6.57. The van der Waals surface area contributed by atoms with Gasteiger partial charge in [-0.2, -0.15) is 5.26 Å². The van der Waals surface area contributed by atoms with E-state index in [4.69, 9.17) is 10.00 Å². The molecular weight excluding hydrogens is 346 g/mol. The summed E-state index contributed by atoms with van der Waals surface area (Å²) in [5.41, 5.74) is 5.30.